The van der Waals surface area contributed by atoms with Crippen molar-refractivity contribution in [2.75, 3.05) is 0 Å². The number of hydrogen-bond donors (Lipinski definition) is 1. The van der Waals surface area contributed by atoms with Crippen LogP contribution < -0.4 is 0 Å². The van der Waals surface area contributed by atoms with E-state index in [2.05, 4.69) is 158 Å². The Balaban J connectivity index is 1.14. The summed E-state index contributed by atoms with van der Waals surface area (Å²) < 4.78 is 2.40. The summed E-state index contributed by atoms with van der Waals surface area (Å²) in [4.78, 5) is 18.2. The lowest BCUT2D eigenvalue weighted by atomic mass is 9.59. The first-order chi connectivity index (χ1) is 27.7. The van der Waals surface area contributed by atoms with Crippen LogP contribution in [0.25, 0.3) is 49.3 Å². The second kappa shape index (κ2) is 13.1. The molecule has 10 rings (SSSR count). The molecule has 0 bridgehead atoms. The summed E-state index contributed by atoms with van der Waals surface area (Å²) in [6.07, 6.45) is 0. The van der Waals surface area contributed by atoms with E-state index < -0.39 is 0 Å². The van der Waals surface area contributed by atoms with Gasteiger partial charge in [-0.25, -0.2) is 9.98 Å². The Kier molecular flexibility index (Phi) is 7.98. The zero-order chi connectivity index (χ0) is 38.9. The number of rotatable bonds is 5. The second-order valence-corrected chi connectivity index (χ2v) is 16.3. The highest BCUT2D eigenvalue weighted by molar-refractivity contribution is 6.14. The molecule has 0 unspecified atom stereocenters. The molecule has 57 heavy (non-hydrogen) atoms. The van der Waals surface area contributed by atoms with E-state index in [1.165, 1.54) is 60.3 Å². The predicted octanol–water partition coefficient (Wildman–Crippen LogP) is 12.5. The van der Waals surface area contributed by atoms with Gasteiger partial charge in [-0.1, -0.05) is 137 Å². The maximum absolute atomic E-state index is 5.07. The molecule has 0 saturated heterocycles. The van der Waals surface area contributed by atoms with Gasteiger partial charge in [0.2, 0.25) is 0 Å². The fourth-order valence-corrected chi connectivity index (χ4v) is 9.15. The number of para-hydroxylation sites is 2. The Bertz CT molecular complexity index is 3100. The lowest BCUT2D eigenvalue weighted by molar-refractivity contribution is 0.523. The SMILES string of the molecule is C=NC(=NC(=NCc1ccccc1)c1ccccc1)c1cccc(-n2c3ccccc3c3cc4c(cc32)C(C)(C)c2cc3c(cc2C4(C)C)[nH]c2ccccc23)c1. The largest absolute Gasteiger partial charge is 0.355 e. The van der Waals surface area contributed by atoms with Gasteiger partial charge in [-0.15, -0.1) is 0 Å². The highest BCUT2D eigenvalue weighted by Crippen LogP contribution is 2.53. The van der Waals surface area contributed by atoms with Crippen LogP contribution in [0.2, 0.25) is 0 Å². The summed E-state index contributed by atoms with van der Waals surface area (Å²) in [5.41, 5.74) is 13.6. The molecule has 1 N–H and O–H groups in total. The number of aromatic amines is 1. The number of benzene rings is 7. The predicted molar refractivity (Wildman–Crippen MR) is 240 cm³/mol. The third-order valence-corrected chi connectivity index (χ3v) is 12.2. The van der Waals surface area contributed by atoms with Crippen LogP contribution in [0.1, 0.15) is 66.6 Å². The fraction of sp³-hybridized carbons (Fsp3) is 0.135. The molecule has 0 spiro atoms. The van der Waals surface area contributed by atoms with E-state index in [1.807, 2.05) is 48.5 Å². The molecular formula is C52H43N5. The summed E-state index contributed by atoms with van der Waals surface area (Å²) >= 11 is 0. The van der Waals surface area contributed by atoms with Gasteiger partial charge in [-0.2, -0.15) is 0 Å². The van der Waals surface area contributed by atoms with Crippen molar-refractivity contribution in [3.63, 3.8) is 0 Å². The van der Waals surface area contributed by atoms with Gasteiger partial charge in [0.25, 0.3) is 0 Å². The number of amidine groups is 2. The van der Waals surface area contributed by atoms with E-state index in [0.29, 0.717) is 18.2 Å². The van der Waals surface area contributed by atoms with Crippen molar-refractivity contribution in [3.8, 4) is 5.69 Å². The number of nitrogens with zero attached hydrogens (tertiary/aromatic N) is 4. The van der Waals surface area contributed by atoms with Gasteiger partial charge in [-0.3, -0.25) is 4.99 Å². The van der Waals surface area contributed by atoms with Gasteiger partial charge in [0.05, 0.1) is 17.6 Å². The van der Waals surface area contributed by atoms with Gasteiger partial charge in [0.1, 0.15) is 0 Å². The molecule has 5 heteroatoms. The molecule has 1 aliphatic rings. The van der Waals surface area contributed by atoms with E-state index in [0.717, 1.165) is 27.9 Å². The quantitative estimate of drug-likeness (QED) is 0.135. The Morgan fingerprint density at radius 2 is 1.14 bits per heavy atom. The first kappa shape index (κ1) is 34.6. The number of fused-ring (bicyclic) bond motifs is 8. The molecule has 7 aromatic carbocycles. The number of H-pyrrole nitrogens is 1. The third-order valence-electron chi connectivity index (χ3n) is 12.2. The highest BCUT2D eigenvalue weighted by atomic mass is 15.0. The molecule has 0 saturated carbocycles. The van der Waals surface area contributed by atoms with E-state index >= 15 is 0 Å². The minimum Gasteiger partial charge on any atom is -0.355 e. The highest BCUT2D eigenvalue weighted by Gasteiger charge is 2.42. The topological polar surface area (TPSA) is 57.8 Å². The number of hydrogen-bond acceptors (Lipinski definition) is 1. The number of aliphatic imine (C=N–C) groups is 3. The molecule has 5 nitrogen and oxygen atoms in total. The van der Waals surface area contributed by atoms with Crippen molar-refractivity contribution >= 4 is 62.0 Å². The lowest BCUT2D eigenvalue weighted by Gasteiger charge is -2.44. The molecule has 9 aromatic rings. The zero-order valence-corrected chi connectivity index (χ0v) is 32.7. The van der Waals surface area contributed by atoms with E-state index in [4.69, 9.17) is 9.98 Å². The Morgan fingerprint density at radius 1 is 0.526 bits per heavy atom. The molecule has 0 fully saturated rings. The van der Waals surface area contributed by atoms with Gasteiger partial charge >= 0.3 is 0 Å². The Morgan fingerprint density at radius 3 is 1.89 bits per heavy atom. The van der Waals surface area contributed by atoms with Gasteiger partial charge in [0, 0.05) is 60.2 Å². The van der Waals surface area contributed by atoms with E-state index in [1.54, 1.807) is 0 Å². The van der Waals surface area contributed by atoms with E-state index in [9.17, 15) is 0 Å². The van der Waals surface area contributed by atoms with Crippen molar-refractivity contribution < 1.29 is 0 Å². The van der Waals surface area contributed by atoms with Gasteiger partial charge < -0.3 is 9.55 Å². The van der Waals surface area contributed by atoms with Crippen molar-refractivity contribution in [1.29, 1.82) is 0 Å². The van der Waals surface area contributed by atoms with Crippen LogP contribution >= 0.6 is 0 Å². The minimum atomic E-state index is -0.246. The Hall–Kier alpha value is -6.85. The maximum Gasteiger partial charge on any atom is 0.161 e. The summed E-state index contributed by atoms with van der Waals surface area (Å²) in [6.45, 7) is 14.0. The third kappa shape index (κ3) is 5.56. The molecule has 276 valence electrons. The maximum atomic E-state index is 5.07. The van der Waals surface area contributed by atoms with Gasteiger partial charge in [0.15, 0.2) is 11.7 Å². The molecule has 0 radical (unpaired) electrons. The lowest BCUT2D eigenvalue weighted by Crippen LogP contribution is -2.36. The second-order valence-electron chi connectivity index (χ2n) is 16.3. The smallest absolute Gasteiger partial charge is 0.161 e. The molecular weight excluding hydrogens is 695 g/mol. The van der Waals surface area contributed by atoms with Crippen LogP contribution in [0.4, 0.5) is 0 Å². The van der Waals surface area contributed by atoms with Crippen LogP contribution in [0, 0.1) is 0 Å². The van der Waals surface area contributed by atoms with Crippen LogP contribution in [-0.2, 0) is 17.4 Å². The molecule has 0 aliphatic heterocycles. The first-order valence-electron chi connectivity index (χ1n) is 19.7. The van der Waals surface area contributed by atoms with Crippen LogP contribution in [0.3, 0.4) is 0 Å². The average Bonchev–Trinajstić information content (AvgIpc) is 3.78. The van der Waals surface area contributed by atoms with Crippen LogP contribution in [0.15, 0.2) is 173 Å². The minimum absolute atomic E-state index is 0.220. The van der Waals surface area contributed by atoms with Crippen molar-refractivity contribution in [1.82, 2.24) is 9.55 Å². The molecule has 1 aliphatic carbocycles. The number of aromatic nitrogens is 2. The van der Waals surface area contributed by atoms with E-state index in [-0.39, 0.29) is 10.8 Å². The zero-order valence-electron chi connectivity index (χ0n) is 32.7. The summed E-state index contributed by atoms with van der Waals surface area (Å²) in [5, 5.41) is 5.00. The Labute approximate surface area is 332 Å². The average molecular weight is 738 g/mol. The summed E-state index contributed by atoms with van der Waals surface area (Å²) in [7, 11) is 0. The molecule has 0 atom stereocenters. The van der Waals surface area contributed by atoms with Crippen molar-refractivity contribution in [2.24, 2.45) is 15.0 Å². The molecule has 2 aromatic heterocycles. The molecule has 2 heterocycles. The van der Waals surface area contributed by atoms with Crippen molar-refractivity contribution in [3.05, 3.63) is 197 Å². The van der Waals surface area contributed by atoms with Crippen LogP contribution in [-0.4, -0.2) is 27.9 Å². The molecule has 0 amide bonds. The van der Waals surface area contributed by atoms with Crippen LogP contribution in [0.5, 0.6) is 0 Å². The standard InChI is InChI=1S/C52H43N5/c1-51(2)42-29-40-38-24-13-15-26-47(38)57(48(40)31-44(42)52(3,4)41-28-39-37-23-12-14-25-45(37)55-46(39)30-43(41)51)36-22-16-21-35(27-36)49(53-5)56-50(34-19-10-7-11-20-34)54-32-33-17-8-6-9-18-33/h6-31,55H,5,32H2,1-4H3. The monoisotopic (exact) mass is 737 g/mol. The van der Waals surface area contributed by atoms with Gasteiger partial charge in [-0.05, 0) is 83.1 Å². The number of nitrogens with one attached hydrogen (secondary N) is 1. The summed E-state index contributed by atoms with van der Waals surface area (Å²) in [5.74, 6) is 1.14. The van der Waals surface area contributed by atoms with Crippen molar-refractivity contribution in [2.45, 2.75) is 45.1 Å². The summed E-state index contributed by atoms with van der Waals surface area (Å²) in [6, 6.07) is 56.0. The normalized spacial score (nSPS) is 14.9. The first-order valence-corrected chi connectivity index (χ1v) is 19.7. The fourth-order valence-electron chi connectivity index (χ4n) is 9.15.